The Labute approximate surface area is 175 Å². The molecule has 2 aliphatic rings. The molecule has 0 radical (unpaired) electrons. The van der Waals surface area contributed by atoms with E-state index in [9.17, 15) is 4.79 Å². The van der Waals surface area contributed by atoms with Crippen LogP contribution in [0.3, 0.4) is 0 Å². The number of hydrogen-bond acceptors (Lipinski definition) is 6. The van der Waals surface area contributed by atoms with E-state index in [2.05, 4.69) is 39.1 Å². The Morgan fingerprint density at radius 1 is 1.17 bits per heavy atom. The fraction of sp³-hybridized carbons (Fsp3) is 0.391. The van der Waals surface area contributed by atoms with Gasteiger partial charge in [-0.25, -0.2) is 9.48 Å². The summed E-state index contributed by atoms with van der Waals surface area (Å²) in [6, 6.07) is 13.8. The van der Waals surface area contributed by atoms with Crippen LogP contribution in [-0.4, -0.2) is 45.9 Å². The molecule has 1 atom stereocenters. The molecule has 5 rings (SSSR count). The van der Waals surface area contributed by atoms with Crippen molar-refractivity contribution in [3.05, 3.63) is 59.8 Å². The summed E-state index contributed by atoms with van der Waals surface area (Å²) in [7, 11) is 0. The number of nitrogens with zero attached hydrogens (tertiary/aromatic N) is 3. The zero-order valence-corrected chi connectivity index (χ0v) is 16.9. The Morgan fingerprint density at radius 2 is 2.00 bits per heavy atom. The van der Waals surface area contributed by atoms with Crippen LogP contribution in [0.4, 0.5) is 0 Å². The lowest BCUT2D eigenvalue weighted by Gasteiger charge is -2.39. The number of rotatable bonds is 4. The minimum absolute atomic E-state index is 0.0930. The highest BCUT2D eigenvalue weighted by Gasteiger charge is 2.39. The van der Waals surface area contributed by atoms with Crippen LogP contribution in [-0.2, 0) is 16.1 Å². The van der Waals surface area contributed by atoms with Gasteiger partial charge in [-0.3, -0.25) is 4.90 Å². The van der Waals surface area contributed by atoms with Crippen molar-refractivity contribution in [1.82, 2.24) is 14.7 Å². The first-order chi connectivity index (χ1) is 14.7. The summed E-state index contributed by atoms with van der Waals surface area (Å²) in [5, 5.41) is 5.44. The second-order valence-corrected chi connectivity index (χ2v) is 8.34. The van der Waals surface area contributed by atoms with Crippen molar-refractivity contribution in [2.24, 2.45) is 5.90 Å². The van der Waals surface area contributed by atoms with E-state index in [1.807, 2.05) is 12.3 Å². The quantitative estimate of drug-likeness (QED) is 0.670. The van der Waals surface area contributed by atoms with Gasteiger partial charge in [-0.1, -0.05) is 24.3 Å². The topological polar surface area (TPSA) is 82.6 Å². The Kier molecular flexibility index (Phi) is 5.02. The van der Waals surface area contributed by atoms with Crippen LogP contribution in [0, 0.1) is 0 Å². The molecule has 1 unspecified atom stereocenters. The van der Waals surface area contributed by atoms with Gasteiger partial charge in [0.15, 0.2) is 0 Å². The molecule has 1 aromatic heterocycles. The third-order valence-corrected chi connectivity index (χ3v) is 6.27. The second kappa shape index (κ2) is 7.83. The molecular weight excluding hydrogens is 380 g/mol. The van der Waals surface area contributed by atoms with Crippen LogP contribution in [0.1, 0.15) is 41.6 Å². The monoisotopic (exact) mass is 406 g/mol. The number of fused-ring (bicyclic) bond motifs is 1. The predicted octanol–water partition coefficient (Wildman–Crippen LogP) is 3.20. The Balaban J connectivity index is 1.33. The molecule has 2 N–H and O–H groups in total. The minimum Gasteiger partial charge on any atom is -0.374 e. The first-order valence-electron chi connectivity index (χ1n) is 10.5. The van der Waals surface area contributed by atoms with E-state index in [-0.39, 0.29) is 5.60 Å². The Morgan fingerprint density at radius 3 is 2.77 bits per heavy atom. The SMILES string of the molecule is NOC(=O)c1cccc2cn(-c3ccc(CN4CCCC5(CCCO5)C4)cc3)nc12. The number of nitrogens with two attached hydrogens (primary N) is 1. The number of ether oxygens (including phenoxy) is 1. The largest absolute Gasteiger partial charge is 0.374 e. The van der Waals surface area contributed by atoms with Gasteiger partial charge >= 0.3 is 5.97 Å². The normalized spacial score (nSPS) is 22.0. The highest BCUT2D eigenvalue weighted by atomic mass is 16.7. The van der Waals surface area contributed by atoms with Gasteiger partial charge in [0.2, 0.25) is 0 Å². The zero-order valence-electron chi connectivity index (χ0n) is 16.9. The van der Waals surface area contributed by atoms with E-state index in [1.165, 1.54) is 31.2 Å². The molecule has 2 fully saturated rings. The molecule has 0 bridgehead atoms. The van der Waals surface area contributed by atoms with Crippen molar-refractivity contribution in [3.63, 3.8) is 0 Å². The fourth-order valence-electron chi connectivity index (χ4n) is 4.82. The van der Waals surface area contributed by atoms with Gasteiger partial charge in [0.25, 0.3) is 0 Å². The van der Waals surface area contributed by atoms with Gasteiger partial charge < -0.3 is 9.57 Å². The van der Waals surface area contributed by atoms with E-state index in [0.29, 0.717) is 11.1 Å². The average Bonchev–Trinajstić information content (AvgIpc) is 3.40. The molecular formula is C23H26N4O3. The third-order valence-electron chi connectivity index (χ3n) is 6.27. The number of hydrogen-bond donors (Lipinski definition) is 1. The van der Waals surface area contributed by atoms with Crippen molar-refractivity contribution in [2.45, 2.75) is 37.8 Å². The Bertz CT molecular complexity index is 1050. The first kappa shape index (κ1) is 19.2. The van der Waals surface area contributed by atoms with Crippen molar-refractivity contribution < 1.29 is 14.4 Å². The maximum atomic E-state index is 11.9. The average molecular weight is 406 g/mol. The summed E-state index contributed by atoms with van der Waals surface area (Å²) in [5.41, 5.74) is 3.25. The van der Waals surface area contributed by atoms with E-state index in [0.717, 1.165) is 37.3 Å². The molecule has 30 heavy (non-hydrogen) atoms. The molecule has 2 saturated heterocycles. The Hall–Kier alpha value is -2.74. The van der Waals surface area contributed by atoms with Crippen LogP contribution in [0.25, 0.3) is 16.6 Å². The third kappa shape index (κ3) is 3.60. The zero-order chi connectivity index (χ0) is 20.6. The van der Waals surface area contributed by atoms with Gasteiger partial charge in [0.05, 0.1) is 16.9 Å². The molecule has 7 nitrogen and oxygen atoms in total. The number of benzene rings is 2. The smallest absolute Gasteiger partial charge is 0.358 e. The van der Waals surface area contributed by atoms with Crippen LogP contribution >= 0.6 is 0 Å². The number of carbonyl (C=O) groups excluding carboxylic acids is 1. The number of likely N-dealkylation sites (tertiary alicyclic amines) is 1. The minimum atomic E-state index is -0.591. The van der Waals surface area contributed by atoms with Crippen LogP contribution in [0.15, 0.2) is 48.7 Å². The second-order valence-electron chi connectivity index (χ2n) is 8.34. The fourth-order valence-corrected chi connectivity index (χ4v) is 4.82. The van der Waals surface area contributed by atoms with Gasteiger partial charge in [0.1, 0.15) is 5.52 Å². The van der Waals surface area contributed by atoms with Crippen molar-refractivity contribution >= 4 is 16.9 Å². The maximum absolute atomic E-state index is 11.9. The predicted molar refractivity (Wildman–Crippen MR) is 113 cm³/mol. The summed E-state index contributed by atoms with van der Waals surface area (Å²) < 4.78 is 7.88. The molecule has 7 heteroatoms. The summed E-state index contributed by atoms with van der Waals surface area (Å²) >= 11 is 0. The maximum Gasteiger partial charge on any atom is 0.358 e. The molecule has 0 saturated carbocycles. The molecule has 1 spiro atoms. The summed E-state index contributed by atoms with van der Waals surface area (Å²) in [5.74, 6) is 4.46. The van der Waals surface area contributed by atoms with Gasteiger partial charge in [-0.2, -0.15) is 11.0 Å². The number of piperidine rings is 1. The lowest BCUT2D eigenvalue weighted by atomic mass is 9.90. The molecule has 3 heterocycles. The molecule has 2 aliphatic heterocycles. The van der Waals surface area contributed by atoms with E-state index in [1.54, 1.807) is 16.8 Å². The van der Waals surface area contributed by atoms with E-state index in [4.69, 9.17) is 10.6 Å². The highest BCUT2D eigenvalue weighted by molar-refractivity contribution is 6.02. The van der Waals surface area contributed by atoms with E-state index < -0.39 is 5.97 Å². The van der Waals surface area contributed by atoms with E-state index >= 15 is 0 Å². The van der Waals surface area contributed by atoms with Gasteiger partial charge in [-0.05, 0) is 56.0 Å². The molecule has 156 valence electrons. The number of aromatic nitrogens is 2. The van der Waals surface area contributed by atoms with Gasteiger partial charge in [-0.15, -0.1) is 0 Å². The first-order valence-corrected chi connectivity index (χ1v) is 10.5. The van der Waals surface area contributed by atoms with Crippen LogP contribution in [0.2, 0.25) is 0 Å². The lowest BCUT2D eigenvalue weighted by Crippen LogP contribution is -2.47. The summed E-state index contributed by atoms with van der Waals surface area (Å²) in [6.45, 7) is 3.99. The molecule has 2 aromatic carbocycles. The summed E-state index contributed by atoms with van der Waals surface area (Å²) in [4.78, 5) is 18.8. The molecule has 3 aromatic rings. The van der Waals surface area contributed by atoms with Gasteiger partial charge in [0, 0.05) is 31.3 Å². The molecule has 0 aliphatic carbocycles. The standard InChI is InChI=1S/C23H26N4O3/c24-30-22(28)20-5-1-4-18-15-27(25-21(18)20)19-8-6-17(7-9-19)14-26-12-2-10-23(16-26)11-3-13-29-23/h1,4-9,15H,2-3,10-14,16,24H2. The van der Waals surface area contributed by atoms with Crippen LogP contribution in [0.5, 0.6) is 0 Å². The van der Waals surface area contributed by atoms with Crippen molar-refractivity contribution in [2.75, 3.05) is 19.7 Å². The number of carbonyl (C=O) groups is 1. The highest BCUT2D eigenvalue weighted by Crippen LogP contribution is 2.34. The molecule has 0 amide bonds. The lowest BCUT2D eigenvalue weighted by molar-refractivity contribution is -0.0532. The summed E-state index contributed by atoms with van der Waals surface area (Å²) in [6.07, 6.45) is 6.67. The van der Waals surface area contributed by atoms with Crippen molar-refractivity contribution in [3.8, 4) is 5.69 Å². The van der Waals surface area contributed by atoms with Crippen LogP contribution < -0.4 is 5.90 Å². The van der Waals surface area contributed by atoms with Crippen molar-refractivity contribution in [1.29, 1.82) is 0 Å².